The Morgan fingerprint density at radius 3 is 2.61 bits per heavy atom. The van der Waals surface area contributed by atoms with Gasteiger partial charge in [0.05, 0.1) is 11.7 Å². The molecule has 0 unspecified atom stereocenters. The number of thioether (sulfide) groups is 1. The summed E-state index contributed by atoms with van der Waals surface area (Å²) in [6.45, 7) is 0. The first kappa shape index (κ1) is 24.2. The van der Waals surface area contributed by atoms with Crippen molar-refractivity contribution in [1.29, 1.82) is 0 Å². The molecule has 1 heterocycles. The molecule has 7 heteroatoms. The van der Waals surface area contributed by atoms with Crippen LogP contribution in [0.25, 0.3) is 11.3 Å². The lowest BCUT2D eigenvalue weighted by molar-refractivity contribution is -0.117. The Balaban J connectivity index is 0. The first-order chi connectivity index (χ1) is 9.70. The van der Waals surface area contributed by atoms with Crippen LogP contribution in [0.4, 0.5) is 5.13 Å². The van der Waals surface area contributed by atoms with Crippen LogP contribution in [0.3, 0.4) is 0 Å². The van der Waals surface area contributed by atoms with Crippen molar-refractivity contribution in [2.24, 2.45) is 5.73 Å². The van der Waals surface area contributed by atoms with Gasteiger partial charge in [0, 0.05) is 10.9 Å². The van der Waals surface area contributed by atoms with Crippen molar-refractivity contribution < 1.29 is 4.79 Å². The van der Waals surface area contributed by atoms with Crippen LogP contribution >= 0.6 is 36.6 Å². The molecule has 4 nitrogen and oxygen atoms in total. The van der Waals surface area contributed by atoms with Crippen LogP contribution in [0.1, 0.15) is 21.3 Å². The van der Waals surface area contributed by atoms with Gasteiger partial charge in [0.15, 0.2) is 5.13 Å². The number of carbonyl (C=O) groups is 1. The minimum absolute atomic E-state index is 0. The molecule has 0 bridgehead atoms. The predicted molar refractivity (Wildman–Crippen MR) is 111 cm³/mol. The van der Waals surface area contributed by atoms with Gasteiger partial charge in [-0.15, -0.1) is 11.3 Å². The van der Waals surface area contributed by atoms with Gasteiger partial charge in [0.2, 0.25) is 5.91 Å². The second-order valence-electron chi connectivity index (χ2n) is 4.28. The summed E-state index contributed by atoms with van der Waals surface area (Å²) in [5.74, 6) is 0.704. The van der Waals surface area contributed by atoms with E-state index in [1.807, 2.05) is 42.0 Å². The Kier molecular flexibility index (Phi) is 13.1. The normalized spacial score (nSPS) is 10.5. The fraction of sp³-hybridized carbons (Fsp3) is 0.375. The summed E-state index contributed by atoms with van der Waals surface area (Å²) in [5.41, 5.74) is 7.72. The summed E-state index contributed by atoms with van der Waals surface area (Å²) in [7, 11) is 0. The SMILES string of the molecule is C.C.CSCC[C@H](N)C(=O)Nc1nc(-c2ccccc2)cs1.S. The molecule has 3 N–H and O–H groups in total. The number of nitrogens with one attached hydrogen (secondary N) is 1. The van der Waals surface area contributed by atoms with E-state index in [4.69, 9.17) is 5.73 Å². The molecule has 1 aromatic heterocycles. The van der Waals surface area contributed by atoms with E-state index >= 15 is 0 Å². The molecule has 0 fully saturated rings. The minimum atomic E-state index is -0.480. The van der Waals surface area contributed by atoms with E-state index in [-0.39, 0.29) is 34.3 Å². The van der Waals surface area contributed by atoms with Gasteiger partial charge in [-0.3, -0.25) is 4.79 Å². The van der Waals surface area contributed by atoms with E-state index in [0.29, 0.717) is 11.6 Å². The average molecular weight is 374 g/mol. The van der Waals surface area contributed by atoms with Crippen molar-refractivity contribution in [2.75, 3.05) is 17.3 Å². The molecule has 0 saturated carbocycles. The summed E-state index contributed by atoms with van der Waals surface area (Å²) in [4.78, 5) is 16.3. The highest BCUT2D eigenvalue weighted by Gasteiger charge is 2.14. The molecule has 0 radical (unpaired) electrons. The summed E-state index contributed by atoms with van der Waals surface area (Å²) in [6, 6.07) is 9.39. The lowest BCUT2D eigenvalue weighted by Crippen LogP contribution is -2.36. The summed E-state index contributed by atoms with van der Waals surface area (Å²) in [6.07, 6.45) is 2.67. The zero-order valence-electron chi connectivity index (χ0n) is 11.7. The number of anilines is 1. The largest absolute Gasteiger partial charge is 0.320 e. The van der Waals surface area contributed by atoms with Crippen molar-refractivity contribution in [1.82, 2.24) is 4.98 Å². The molecule has 1 atom stereocenters. The van der Waals surface area contributed by atoms with E-state index in [0.717, 1.165) is 17.0 Å². The number of amides is 1. The van der Waals surface area contributed by atoms with Crippen LogP contribution in [0.2, 0.25) is 0 Å². The number of nitrogens with two attached hydrogens (primary N) is 1. The smallest absolute Gasteiger partial charge is 0.243 e. The second kappa shape index (κ2) is 12.4. The zero-order valence-corrected chi connectivity index (χ0v) is 14.3. The summed E-state index contributed by atoms with van der Waals surface area (Å²) >= 11 is 3.09. The van der Waals surface area contributed by atoms with Crippen LogP contribution in [0, 0.1) is 0 Å². The topological polar surface area (TPSA) is 68.0 Å². The third kappa shape index (κ3) is 7.39. The number of rotatable bonds is 6. The summed E-state index contributed by atoms with van der Waals surface area (Å²) in [5, 5.41) is 5.30. The van der Waals surface area contributed by atoms with Gasteiger partial charge in [-0.25, -0.2) is 4.98 Å². The number of carbonyl (C=O) groups excluding carboxylic acids is 1. The van der Waals surface area contributed by atoms with E-state index in [1.54, 1.807) is 11.8 Å². The van der Waals surface area contributed by atoms with Crippen LogP contribution in [0.15, 0.2) is 35.7 Å². The molecular weight excluding hydrogens is 346 g/mol. The first-order valence-corrected chi connectivity index (χ1v) is 8.54. The molecule has 0 aliphatic heterocycles. The van der Waals surface area contributed by atoms with Gasteiger partial charge in [-0.2, -0.15) is 25.3 Å². The Hall–Kier alpha value is -1.02. The highest BCUT2D eigenvalue weighted by Crippen LogP contribution is 2.24. The maximum atomic E-state index is 11.9. The fourth-order valence-electron chi connectivity index (χ4n) is 1.65. The quantitative estimate of drug-likeness (QED) is 0.796. The molecule has 130 valence electrons. The van der Waals surface area contributed by atoms with Gasteiger partial charge in [0.1, 0.15) is 0 Å². The van der Waals surface area contributed by atoms with Crippen molar-refractivity contribution in [2.45, 2.75) is 27.3 Å². The van der Waals surface area contributed by atoms with Gasteiger partial charge < -0.3 is 11.1 Å². The number of benzene rings is 1. The lowest BCUT2D eigenvalue weighted by Gasteiger charge is -2.09. The van der Waals surface area contributed by atoms with Crippen molar-refractivity contribution >= 4 is 47.6 Å². The molecule has 1 aromatic carbocycles. The van der Waals surface area contributed by atoms with E-state index < -0.39 is 6.04 Å². The molecule has 0 aliphatic carbocycles. The second-order valence-corrected chi connectivity index (χ2v) is 6.12. The van der Waals surface area contributed by atoms with Gasteiger partial charge >= 0.3 is 0 Å². The number of hydrogen-bond donors (Lipinski definition) is 2. The number of hydrogen-bond acceptors (Lipinski definition) is 5. The van der Waals surface area contributed by atoms with Gasteiger partial charge in [-0.05, 0) is 18.4 Å². The number of thiazole rings is 1. The molecule has 2 rings (SSSR count). The van der Waals surface area contributed by atoms with Crippen LogP contribution in [-0.2, 0) is 4.79 Å². The van der Waals surface area contributed by atoms with Crippen molar-refractivity contribution in [3.63, 3.8) is 0 Å². The van der Waals surface area contributed by atoms with Gasteiger partial charge in [0.25, 0.3) is 0 Å². The molecular formula is C16H27N3OS3. The van der Waals surface area contributed by atoms with Crippen molar-refractivity contribution in [3.05, 3.63) is 35.7 Å². The molecule has 0 saturated heterocycles. The maximum absolute atomic E-state index is 11.9. The number of nitrogens with zero attached hydrogens (tertiary/aromatic N) is 1. The molecule has 2 aromatic rings. The standard InChI is InChI=1S/C14H17N3OS2.2CH4.H2S/c1-19-8-7-11(15)13(18)17-14-16-12(9-20-14)10-5-3-2-4-6-10;;;/h2-6,9,11H,7-8,15H2,1H3,(H,16,17,18);2*1H4;1H2/t11-;;;/m0.../s1. The Labute approximate surface area is 154 Å². The number of aromatic nitrogens is 1. The van der Waals surface area contributed by atoms with E-state index in [1.165, 1.54) is 11.3 Å². The van der Waals surface area contributed by atoms with Crippen LogP contribution in [0.5, 0.6) is 0 Å². The Morgan fingerprint density at radius 2 is 2.00 bits per heavy atom. The van der Waals surface area contributed by atoms with E-state index in [9.17, 15) is 4.79 Å². The highest BCUT2D eigenvalue weighted by atomic mass is 32.2. The van der Waals surface area contributed by atoms with Crippen LogP contribution in [-0.4, -0.2) is 28.9 Å². The Bertz CT molecular complexity index is 561. The fourth-order valence-corrected chi connectivity index (χ4v) is 2.86. The predicted octanol–water partition coefficient (Wildman–Crippen LogP) is 4.21. The average Bonchev–Trinajstić information content (AvgIpc) is 2.94. The van der Waals surface area contributed by atoms with Gasteiger partial charge in [-0.1, -0.05) is 45.2 Å². The molecule has 1 amide bonds. The van der Waals surface area contributed by atoms with E-state index in [2.05, 4.69) is 10.3 Å². The van der Waals surface area contributed by atoms with Crippen LogP contribution < -0.4 is 11.1 Å². The van der Waals surface area contributed by atoms with Crippen molar-refractivity contribution in [3.8, 4) is 11.3 Å². The minimum Gasteiger partial charge on any atom is -0.320 e. The first-order valence-electron chi connectivity index (χ1n) is 6.27. The maximum Gasteiger partial charge on any atom is 0.243 e. The Morgan fingerprint density at radius 1 is 1.35 bits per heavy atom. The molecule has 0 aliphatic rings. The molecule has 23 heavy (non-hydrogen) atoms. The monoisotopic (exact) mass is 373 g/mol. The summed E-state index contributed by atoms with van der Waals surface area (Å²) < 4.78 is 0. The lowest BCUT2D eigenvalue weighted by atomic mass is 10.2. The molecule has 0 spiro atoms. The highest BCUT2D eigenvalue weighted by molar-refractivity contribution is 7.98. The third-order valence-corrected chi connectivity index (χ3v) is 4.18. The third-order valence-electron chi connectivity index (χ3n) is 2.77. The zero-order chi connectivity index (χ0) is 14.4.